The lowest BCUT2D eigenvalue weighted by Gasteiger charge is -2.26. The molecule has 0 heterocycles. The highest BCUT2D eigenvalue weighted by molar-refractivity contribution is 6.20. The van der Waals surface area contributed by atoms with E-state index >= 15 is 0 Å². The van der Waals surface area contributed by atoms with Crippen LogP contribution in [0.5, 0.6) is 0 Å². The maximum Gasteiger partial charge on any atom is 0.0455 e. The fourth-order valence-electron chi connectivity index (χ4n) is 11.9. The Balaban J connectivity index is 1.05. The minimum Gasteiger partial charge on any atom is -0.387 e. The van der Waals surface area contributed by atoms with Crippen LogP contribution in [0.1, 0.15) is 98.6 Å². The van der Waals surface area contributed by atoms with E-state index in [1.807, 2.05) is 13.1 Å². The van der Waals surface area contributed by atoms with Gasteiger partial charge in [0.1, 0.15) is 0 Å². The molecule has 59 heavy (non-hydrogen) atoms. The number of hydrogen-bond acceptors (Lipinski definition) is 1. The Morgan fingerprint density at radius 1 is 0.610 bits per heavy atom. The topological polar surface area (TPSA) is 12.0 Å². The second kappa shape index (κ2) is 12.8. The van der Waals surface area contributed by atoms with E-state index in [0.717, 1.165) is 31.4 Å². The van der Waals surface area contributed by atoms with Gasteiger partial charge in [-0.1, -0.05) is 111 Å². The molecule has 0 radical (unpaired) electrons. The third-order valence-corrected chi connectivity index (χ3v) is 14.7. The highest BCUT2D eigenvalue weighted by Crippen LogP contribution is 2.54. The summed E-state index contributed by atoms with van der Waals surface area (Å²) in [6.07, 6.45) is 23.9. The number of allylic oxidation sites excluding steroid dienone is 11. The fourth-order valence-corrected chi connectivity index (χ4v) is 11.9. The molecule has 0 saturated carbocycles. The molecule has 1 heteroatoms. The van der Waals surface area contributed by atoms with Crippen molar-refractivity contribution in [2.45, 2.75) is 70.6 Å². The minimum atomic E-state index is -0.135. The second-order valence-electron chi connectivity index (χ2n) is 18.0. The molecular weight excluding hydrogens is 711 g/mol. The molecule has 0 spiro atoms. The van der Waals surface area contributed by atoms with Crippen LogP contribution in [0.2, 0.25) is 0 Å². The van der Waals surface area contributed by atoms with E-state index in [9.17, 15) is 0 Å². The van der Waals surface area contributed by atoms with Crippen LogP contribution in [0.25, 0.3) is 82.8 Å². The number of nitrogens with one attached hydrogen (secondary N) is 1. The van der Waals surface area contributed by atoms with Crippen molar-refractivity contribution >= 4 is 49.4 Å². The summed E-state index contributed by atoms with van der Waals surface area (Å²) in [5, 5.41) is 8.95. The van der Waals surface area contributed by atoms with Gasteiger partial charge in [0.2, 0.25) is 0 Å². The summed E-state index contributed by atoms with van der Waals surface area (Å²) < 4.78 is 0. The average molecular weight is 758 g/mol. The molecule has 0 atom stereocenters. The van der Waals surface area contributed by atoms with E-state index in [1.165, 1.54) is 142 Å². The lowest BCUT2D eigenvalue weighted by molar-refractivity contribution is 0.649. The largest absolute Gasteiger partial charge is 0.387 e. The van der Waals surface area contributed by atoms with Gasteiger partial charge in [-0.2, -0.15) is 0 Å². The fraction of sp³-hybridized carbons (Fsp3) is 0.207. The molecule has 6 aromatic rings. The Kier molecular flexibility index (Phi) is 7.53. The highest BCUT2D eigenvalue weighted by Gasteiger charge is 2.39. The van der Waals surface area contributed by atoms with Crippen LogP contribution in [0.15, 0.2) is 138 Å². The van der Waals surface area contributed by atoms with Crippen molar-refractivity contribution in [2.24, 2.45) is 0 Å². The van der Waals surface area contributed by atoms with Crippen LogP contribution < -0.4 is 5.32 Å². The SMILES string of the molecule is C#C/C=C(\NC)C1=CC2=C(CC1)c1ccc(-c3cc(-c4ccc5c6c(cccc46)C4=C5CCC=C4)cc(-c4ccc5c6c(cccc46)C4=C5CCCC4)c3)cc1C2(C)C. The third kappa shape index (κ3) is 4.93. The molecular formula is C58H47N. The van der Waals surface area contributed by atoms with Gasteiger partial charge in [0, 0.05) is 24.2 Å². The monoisotopic (exact) mass is 757 g/mol. The van der Waals surface area contributed by atoms with Crippen molar-refractivity contribution < 1.29 is 0 Å². The minimum absolute atomic E-state index is 0.135. The molecule has 0 aliphatic heterocycles. The van der Waals surface area contributed by atoms with Crippen molar-refractivity contribution in [3.63, 3.8) is 0 Å². The molecule has 0 amide bonds. The Morgan fingerprint density at radius 2 is 1.24 bits per heavy atom. The number of fused-ring (bicyclic) bond motifs is 6. The van der Waals surface area contributed by atoms with Gasteiger partial charge in [0.05, 0.1) is 0 Å². The molecule has 0 fully saturated rings. The Morgan fingerprint density at radius 3 is 1.95 bits per heavy atom. The third-order valence-electron chi connectivity index (χ3n) is 14.7. The zero-order chi connectivity index (χ0) is 39.6. The van der Waals surface area contributed by atoms with Crippen LogP contribution in [-0.2, 0) is 5.41 Å². The first-order valence-electron chi connectivity index (χ1n) is 21.8. The van der Waals surface area contributed by atoms with Crippen LogP contribution in [0.3, 0.4) is 0 Å². The van der Waals surface area contributed by atoms with Crippen molar-refractivity contribution in [3.8, 4) is 45.7 Å². The zero-order valence-electron chi connectivity index (χ0n) is 34.3. The Hall–Kier alpha value is -6.36. The maximum atomic E-state index is 5.73. The Labute approximate surface area is 348 Å². The van der Waals surface area contributed by atoms with Gasteiger partial charge in [-0.3, -0.25) is 0 Å². The molecule has 6 aliphatic carbocycles. The van der Waals surface area contributed by atoms with Crippen LogP contribution in [0.4, 0.5) is 0 Å². The number of terminal acetylenes is 1. The molecule has 0 bridgehead atoms. The van der Waals surface area contributed by atoms with E-state index in [2.05, 4.69) is 140 Å². The van der Waals surface area contributed by atoms with Gasteiger partial charge in [0.15, 0.2) is 0 Å². The summed E-state index contributed by atoms with van der Waals surface area (Å²) in [4.78, 5) is 0. The molecule has 1 N–H and O–H groups in total. The molecule has 6 aliphatic rings. The second-order valence-corrected chi connectivity index (χ2v) is 18.0. The van der Waals surface area contributed by atoms with E-state index in [-0.39, 0.29) is 5.41 Å². The summed E-state index contributed by atoms with van der Waals surface area (Å²) in [5.41, 5.74) is 27.5. The predicted molar refractivity (Wildman–Crippen MR) is 251 cm³/mol. The van der Waals surface area contributed by atoms with Crippen molar-refractivity contribution in [1.82, 2.24) is 5.32 Å². The van der Waals surface area contributed by atoms with Gasteiger partial charge >= 0.3 is 0 Å². The summed E-state index contributed by atoms with van der Waals surface area (Å²) in [6, 6.07) is 38.4. The summed E-state index contributed by atoms with van der Waals surface area (Å²) in [7, 11) is 1.97. The van der Waals surface area contributed by atoms with Crippen LogP contribution in [-0.4, -0.2) is 7.05 Å². The smallest absolute Gasteiger partial charge is 0.0455 e. The van der Waals surface area contributed by atoms with Crippen LogP contribution >= 0.6 is 0 Å². The van der Waals surface area contributed by atoms with E-state index < -0.39 is 0 Å². The van der Waals surface area contributed by atoms with Gasteiger partial charge in [0.25, 0.3) is 0 Å². The lowest BCUT2D eigenvalue weighted by atomic mass is 9.78. The number of likely N-dealkylation sites (N-methyl/N-ethyl adjacent to an activating group) is 1. The molecule has 0 saturated heterocycles. The van der Waals surface area contributed by atoms with Crippen molar-refractivity contribution in [1.29, 1.82) is 0 Å². The molecule has 0 aromatic heterocycles. The average Bonchev–Trinajstić information content (AvgIpc) is 3.87. The highest BCUT2D eigenvalue weighted by atomic mass is 14.8. The van der Waals surface area contributed by atoms with E-state index in [1.54, 1.807) is 11.1 Å². The first-order valence-corrected chi connectivity index (χ1v) is 21.8. The molecule has 0 unspecified atom stereocenters. The van der Waals surface area contributed by atoms with Gasteiger partial charge in [-0.25, -0.2) is 0 Å². The van der Waals surface area contributed by atoms with Crippen LogP contribution in [0, 0.1) is 12.3 Å². The van der Waals surface area contributed by atoms with Gasteiger partial charge in [-0.15, -0.1) is 6.42 Å². The van der Waals surface area contributed by atoms with E-state index in [0.29, 0.717) is 0 Å². The first-order chi connectivity index (χ1) is 28.9. The van der Waals surface area contributed by atoms with Crippen molar-refractivity contribution in [3.05, 3.63) is 172 Å². The quantitative estimate of drug-likeness (QED) is 0.173. The maximum absolute atomic E-state index is 5.73. The van der Waals surface area contributed by atoms with Gasteiger partial charge in [-0.05, 0) is 203 Å². The summed E-state index contributed by atoms with van der Waals surface area (Å²) >= 11 is 0. The Bertz CT molecular complexity index is 3130. The van der Waals surface area contributed by atoms with Gasteiger partial charge < -0.3 is 5.32 Å². The number of hydrogen-bond donors (Lipinski definition) is 1. The lowest BCUT2D eigenvalue weighted by Crippen LogP contribution is -2.18. The molecule has 6 aromatic carbocycles. The van der Waals surface area contributed by atoms with E-state index in [4.69, 9.17) is 6.42 Å². The molecule has 1 nitrogen and oxygen atoms in total. The normalized spacial score (nSPS) is 18.3. The molecule has 12 rings (SSSR count). The number of benzene rings is 6. The molecule has 284 valence electrons. The first kappa shape index (κ1) is 34.7. The standard InChI is InChI=1S/C58H47N/c1-5-12-55(59-4)35-22-24-46-45-23-21-34(32-53(45)58(2,3)54(46)33-35)36-29-37(39-25-27-51-43-15-8-6-13-41(43)49-19-10-17-47(39)56(49)51)31-38(30-36)40-26-28-52-44-16-9-7-14-42(44)50-20-11-18-48(40)57(50)52/h1,6,10-13,17-21,23,25-33,59H,7-9,14-16,22,24H2,2-4H3/b55-12-. The van der Waals surface area contributed by atoms with Crippen molar-refractivity contribution in [2.75, 3.05) is 7.05 Å². The summed E-state index contributed by atoms with van der Waals surface area (Å²) in [5.74, 6) is 2.74. The zero-order valence-corrected chi connectivity index (χ0v) is 34.3. The predicted octanol–water partition coefficient (Wildman–Crippen LogP) is 14.9. The summed E-state index contributed by atoms with van der Waals surface area (Å²) in [6.45, 7) is 4.80. The number of rotatable bonds is 5.